The summed E-state index contributed by atoms with van der Waals surface area (Å²) in [4.78, 5) is 0. The summed E-state index contributed by atoms with van der Waals surface area (Å²) in [6.45, 7) is 2.07. The largest absolute Gasteiger partial charge is 0.328 e. The van der Waals surface area contributed by atoms with Crippen molar-refractivity contribution in [3.05, 3.63) is 33.8 Å². The molecule has 0 aliphatic heterocycles. The predicted molar refractivity (Wildman–Crippen MR) is 56.5 cm³/mol. The second-order valence-corrected chi connectivity index (χ2v) is 4.02. The molecule has 1 unspecified atom stereocenters. The fourth-order valence-electron chi connectivity index (χ4n) is 1.18. The lowest BCUT2D eigenvalue weighted by molar-refractivity contribution is 0.340. The zero-order valence-electron chi connectivity index (χ0n) is 7.56. The zero-order valence-corrected chi connectivity index (χ0v) is 9.14. The number of aryl methyl sites for hydroxylation is 1. The van der Waals surface area contributed by atoms with Crippen LogP contribution in [0.3, 0.4) is 0 Å². The Hall–Kier alpha value is -0.410. The van der Waals surface area contributed by atoms with Crippen LogP contribution in [0.15, 0.2) is 22.7 Å². The molecule has 0 radical (unpaired) electrons. The van der Waals surface area contributed by atoms with Crippen molar-refractivity contribution in [3.63, 3.8) is 0 Å². The second-order valence-electron chi connectivity index (χ2n) is 3.11. The molecular formula is C10H13BrFN. The van der Waals surface area contributed by atoms with Gasteiger partial charge in [-0.3, -0.25) is 0 Å². The first-order chi connectivity index (χ1) is 6.13. The van der Waals surface area contributed by atoms with Crippen LogP contribution in [0.1, 0.15) is 11.1 Å². The van der Waals surface area contributed by atoms with E-state index in [1.807, 2.05) is 25.1 Å². The summed E-state index contributed by atoms with van der Waals surface area (Å²) < 4.78 is 14.0. The van der Waals surface area contributed by atoms with Crippen molar-refractivity contribution in [2.24, 2.45) is 5.73 Å². The number of hydrogen-bond donors (Lipinski definition) is 1. The van der Waals surface area contributed by atoms with Crippen LogP contribution >= 0.6 is 15.9 Å². The molecule has 1 aromatic carbocycles. The summed E-state index contributed by atoms with van der Waals surface area (Å²) in [5.74, 6) is 0. The third kappa shape index (κ3) is 3.08. The highest BCUT2D eigenvalue weighted by Crippen LogP contribution is 2.17. The van der Waals surface area contributed by atoms with Crippen molar-refractivity contribution in [2.45, 2.75) is 19.5 Å². The van der Waals surface area contributed by atoms with Gasteiger partial charge in [-0.15, -0.1) is 0 Å². The van der Waals surface area contributed by atoms with Gasteiger partial charge in [-0.1, -0.05) is 22.0 Å². The summed E-state index contributed by atoms with van der Waals surface area (Å²) in [6, 6.07) is 5.87. The smallest absolute Gasteiger partial charge is 0.116 e. The van der Waals surface area contributed by atoms with Crippen LogP contribution in [0.25, 0.3) is 0 Å². The molecule has 1 rings (SSSR count). The normalized spacial score (nSPS) is 12.9. The Labute approximate surface area is 86.3 Å². The van der Waals surface area contributed by atoms with Crippen molar-refractivity contribution in [3.8, 4) is 0 Å². The Kier molecular flexibility index (Phi) is 3.88. The summed E-state index contributed by atoms with van der Waals surface area (Å²) in [5.41, 5.74) is 7.35. The monoisotopic (exact) mass is 245 g/mol. The lowest BCUT2D eigenvalue weighted by Gasteiger charge is -2.08. The summed E-state index contributed by atoms with van der Waals surface area (Å²) in [5, 5.41) is 0. The van der Waals surface area contributed by atoms with Crippen molar-refractivity contribution < 1.29 is 4.39 Å². The Morgan fingerprint density at radius 2 is 2.23 bits per heavy atom. The fourth-order valence-corrected chi connectivity index (χ4v) is 1.59. The van der Waals surface area contributed by atoms with Gasteiger partial charge in [0.1, 0.15) is 6.17 Å². The lowest BCUT2D eigenvalue weighted by Crippen LogP contribution is -2.18. The molecule has 0 aromatic heterocycles. The van der Waals surface area contributed by atoms with Gasteiger partial charge in [0.25, 0.3) is 0 Å². The number of nitrogens with two attached hydrogens (primary N) is 1. The van der Waals surface area contributed by atoms with Crippen LogP contribution in [0.4, 0.5) is 4.39 Å². The van der Waals surface area contributed by atoms with Gasteiger partial charge in [-0.05, 0) is 30.2 Å². The minimum absolute atomic E-state index is 0.0892. The second kappa shape index (κ2) is 4.72. The molecule has 0 aliphatic carbocycles. The van der Waals surface area contributed by atoms with Crippen LogP contribution in [-0.2, 0) is 6.42 Å². The molecular weight excluding hydrogens is 233 g/mol. The average molecular weight is 246 g/mol. The lowest BCUT2D eigenvalue weighted by atomic mass is 10.0. The van der Waals surface area contributed by atoms with Crippen molar-refractivity contribution in [2.75, 3.05) is 6.54 Å². The van der Waals surface area contributed by atoms with E-state index >= 15 is 0 Å². The van der Waals surface area contributed by atoms with Crippen LogP contribution in [0.2, 0.25) is 0 Å². The maximum atomic E-state index is 13.0. The minimum atomic E-state index is -0.937. The molecule has 0 bridgehead atoms. The Morgan fingerprint density at radius 3 is 2.85 bits per heavy atom. The average Bonchev–Trinajstić information content (AvgIpc) is 2.11. The molecule has 0 amide bonds. The van der Waals surface area contributed by atoms with Crippen molar-refractivity contribution in [1.29, 1.82) is 0 Å². The molecule has 1 atom stereocenters. The van der Waals surface area contributed by atoms with Crippen LogP contribution in [0, 0.1) is 6.92 Å². The number of benzene rings is 1. The molecule has 0 heterocycles. The maximum Gasteiger partial charge on any atom is 0.116 e. The molecule has 0 aliphatic rings. The van der Waals surface area contributed by atoms with Gasteiger partial charge in [0, 0.05) is 17.4 Å². The summed E-state index contributed by atoms with van der Waals surface area (Å²) in [6.07, 6.45) is -0.533. The zero-order chi connectivity index (χ0) is 9.84. The predicted octanol–water partition coefficient (Wildman–Crippen LogP) is 2.60. The van der Waals surface area contributed by atoms with E-state index in [9.17, 15) is 4.39 Å². The first-order valence-electron chi connectivity index (χ1n) is 4.22. The summed E-state index contributed by atoms with van der Waals surface area (Å²) in [7, 11) is 0. The standard InChI is InChI=1S/C10H13BrFN/c1-7-2-3-9(11)4-8(7)5-10(12)6-13/h2-4,10H,5-6,13H2,1H3. The van der Waals surface area contributed by atoms with Gasteiger partial charge in [0.15, 0.2) is 0 Å². The van der Waals surface area contributed by atoms with Gasteiger partial charge in [-0.25, -0.2) is 4.39 Å². The minimum Gasteiger partial charge on any atom is -0.328 e. The number of rotatable bonds is 3. The van der Waals surface area contributed by atoms with Gasteiger partial charge >= 0.3 is 0 Å². The van der Waals surface area contributed by atoms with E-state index in [2.05, 4.69) is 15.9 Å². The summed E-state index contributed by atoms with van der Waals surface area (Å²) >= 11 is 3.35. The number of alkyl halides is 1. The number of halogens is 2. The first kappa shape index (κ1) is 10.7. The topological polar surface area (TPSA) is 26.0 Å². The van der Waals surface area contributed by atoms with E-state index in [1.165, 1.54) is 0 Å². The molecule has 3 heteroatoms. The molecule has 2 N–H and O–H groups in total. The molecule has 13 heavy (non-hydrogen) atoms. The molecule has 1 aromatic rings. The SMILES string of the molecule is Cc1ccc(Br)cc1CC(F)CN. The first-order valence-corrected chi connectivity index (χ1v) is 5.02. The van der Waals surface area contributed by atoms with E-state index in [4.69, 9.17) is 5.73 Å². The van der Waals surface area contributed by atoms with E-state index < -0.39 is 6.17 Å². The van der Waals surface area contributed by atoms with E-state index in [-0.39, 0.29) is 6.54 Å². The molecule has 0 spiro atoms. The Morgan fingerprint density at radius 1 is 1.54 bits per heavy atom. The van der Waals surface area contributed by atoms with Gasteiger partial charge in [-0.2, -0.15) is 0 Å². The molecule has 0 fully saturated rings. The maximum absolute atomic E-state index is 13.0. The highest BCUT2D eigenvalue weighted by atomic mass is 79.9. The highest BCUT2D eigenvalue weighted by molar-refractivity contribution is 9.10. The quantitative estimate of drug-likeness (QED) is 0.871. The third-order valence-corrected chi connectivity index (χ3v) is 2.50. The Balaban J connectivity index is 2.81. The third-order valence-electron chi connectivity index (χ3n) is 2.01. The molecule has 72 valence electrons. The fraction of sp³-hybridized carbons (Fsp3) is 0.400. The molecule has 1 nitrogen and oxygen atoms in total. The van der Waals surface area contributed by atoms with Crippen LogP contribution in [-0.4, -0.2) is 12.7 Å². The van der Waals surface area contributed by atoms with E-state index in [1.54, 1.807) is 0 Å². The van der Waals surface area contributed by atoms with Crippen molar-refractivity contribution >= 4 is 15.9 Å². The van der Waals surface area contributed by atoms with Gasteiger partial charge in [0.2, 0.25) is 0 Å². The van der Waals surface area contributed by atoms with E-state index in [0.29, 0.717) is 6.42 Å². The Bertz CT molecular complexity index is 288. The van der Waals surface area contributed by atoms with Crippen LogP contribution in [0.5, 0.6) is 0 Å². The van der Waals surface area contributed by atoms with Crippen molar-refractivity contribution in [1.82, 2.24) is 0 Å². The van der Waals surface area contributed by atoms with E-state index in [0.717, 1.165) is 15.6 Å². The van der Waals surface area contributed by atoms with Crippen LogP contribution < -0.4 is 5.73 Å². The van der Waals surface area contributed by atoms with Gasteiger partial charge in [0.05, 0.1) is 0 Å². The molecule has 0 saturated carbocycles. The van der Waals surface area contributed by atoms with Gasteiger partial charge < -0.3 is 5.73 Å². The highest BCUT2D eigenvalue weighted by Gasteiger charge is 2.07. The number of hydrogen-bond acceptors (Lipinski definition) is 1. The molecule has 0 saturated heterocycles.